The number of aromatic nitrogens is 3. The number of ether oxygens (including phenoxy) is 3. The first kappa shape index (κ1) is 30.5. The molecule has 0 spiro atoms. The average Bonchev–Trinajstić information content (AvgIpc) is 3.37. The van der Waals surface area contributed by atoms with Crippen LogP contribution in [0.1, 0.15) is 24.7 Å². The first-order valence-corrected chi connectivity index (χ1v) is 13.7. The molecule has 1 heterocycles. The Kier molecular flexibility index (Phi) is 10.9. The Bertz CT molecular complexity index is 1520. The predicted octanol–water partition coefficient (Wildman–Crippen LogP) is 4.01. The lowest BCUT2D eigenvalue weighted by Gasteiger charge is -2.21. The van der Waals surface area contributed by atoms with Crippen molar-refractivity contribution in [2.24, 2.45) is 0 Å². The van der Waals surface area contributed by atoms with Crippen LogP contribution in [0.3, 0.4) is 0 Å². The van der Waals surface area contributed by atoms with E-state index < -0.39 is 36.8 Å². The highest BCUT2D eigenvalue weighted by Gasteiger charge is 2.23. The lowest BCUT2D eigenvalue weighted by molar-refractivity contribution is -0.163. The Morgan fingerprint density at radius 3 is 2.48 bits per heavy atom. The number of H-pyrrole nitrogens is 1. The van der Waals surface area contributed by atoms with Crippen LogP contribution in [-0.4, -0.2) is 57.5 Å². The number of halogens is 1. The van der Waals surface area contributed by atoms with Crippen LogP contribution in [0, 0.1) is 0 Å². The molecule has 0 saturated carbocycles. The van der Waals surface area contributed by atoms with Crippen LogP contribution in [0.15, 0.2) is 83.7 Å². The van der Waals surface area contributed by atoms with Crippen LogP contribution in [0.5, 0.6) is 0 Å². The molecule has 0 unspecified atom stereocenters. The fourth-order valence-electron chi connectivity index (χ4n) is 4.21. The Morgan fingerprint density at radius 2 is 1.76 bits per heavy atom. The summed E-state index contributed by atoms with van der Waals surface area (Å²) in [5, 5.41) is 18.8. The number of aliphatic hydroxyl groups is 1. The van der Waals surface area contributed by atoms with Crippen molar-refractivity contribution >= 4 is 23.7 Å². The van der Waals surface area contributed by atoms with Gasteiger partial charge in [0, 0.05) is 11.1 Å². The lowest BCUT2D eigenvalue weighted by Crippen LogP contribution is -2.38. The number of carbonyl (C=O) groups is 2. The van der Waals surface area contributed by atoms with Gasteiger partial charge in [0.2, 0.25) is 6.79 Å². The Balaban J connectivity index is 1.44. The normalized spacial score (nSPS) is 12.4. The zero-order valence-electron chi connectivity index (χ0n) is 22.9. The van der Waals surface area contributed by atoms with E-state index in [-0.39, 0.29) is 19.6 Å². The van der Waals surface area contributed by atoms with Crippen LogP contribution in [0.2, 0.25) is 5.02 Å². The number of para-hydroxylation sites is 1. The topological polar surface area (TPSA) is 145 Å². The van der Waals surface area contributed by atoms with Crippen molar-refractivity contribution < 1.29 is 28.9 Å². The van der Waals surface area contributed by atoms with Gasteiger partial charge in [0.05, 0.1) is 18.8 Å². The number of hydrogen-bond donors (Lipinski definition) is 3. The van der Waals surface area contributed by atoms with Crippen molar-refractivity contribution in [3.05, 3.63) is 106 Å². The summed E-state index contributed by atoms with van der Waals surface area (Å²) in [4.78, 5) is 38.9. The lowest BCUT2D eigenvalue weighted by atomic mass is 9.98. The summed E-state index contributed by atoms with van der Waals surface area (Å²) in [5.74, 6) is -0.575. The van der Waals surface area contributed by atoms with E-state index >= 15 is 0 Å². The van der Waals surface area contributed by atoms with Gasteiger partial charge in [-0.25, -0.2) is 14.4 Å². The minimum absolute atomic E-state index is 0.0299. The number of aliphatic hydroxyl groups excluding tert-OH is 1. The zero-order chi connectivity index (χ0) is 29.9. The Hall–Kier alpha value is -4.45. The van der Waals surface area contributed by atoms with E-state index in [0.29, 0.717) is 23.0 Å². The molecular weight excluding hydrogens is 564 g/mol. The molecule has 0 aliphatic carbocycles. The van der Waals surface area contributed by atoms with Gasteiger partial charge in [0.25, 0.3) is 0 Å². The smallest absolute Gasteiger partial charge is 0.435 e. The van der Waals surface area contributed by atoms with Crippen molar-refractivity contribution in [2.45, 2.75) is 38.5 Å². The van der Waals surface area contributed by atoms with Gasteiger partial charge in [-0.2, -0.15) is 4.68 Å². The molecule has 1 aromatic heterocycles. The van der Waals surface area contributed by atoms with E-state index in [0.717, 1.165) is 16.7 Å². The molecule has 3 aromatic carbocycles. The summed E-state index contributed by atoms with van der Waals surface area (Å²) in [7, 11) is 0. The molecule has 0 radical (unpaired) electrons. The fourth-order valence-corrected chi connectivity index (χ4v) is 4.40. The molecule has 4 rings (SSSR count). The van der Waals surface area contributed by atoms with Gasteiger partial charge in [-0.05, 0) is 60.7 Å². The molecule has 0 amide bonds. The summed E-state index contributed by atoms with van der Waals surface area (Å²) >= 11 is 6.13. The van der Waals surface area contributed by atoms with E-state index in [1.165, 1.54) is 4.68 Å². The van der Waals surface area contributed by atoms with E-state index in [2.05, 4.69) is 24.9 Å². The summed E-state index contributed by atoms with van der Waals surface area (Å²) in [6.45, 7) is 1.19. The molecule has 3 N–H and O–H groups in total. The Labute approximate surface area is 247 Å². The van der Waals surface area contributed by atoms with Crippen molar-refractivity contribution in [3.63, 3.8) is 0 Å². The third kappa shape index (κ3) is 8.77. The molecule has 4 aromatic rings. The largest absolute Gasteiger partial charge is 0.511 e. The second-order valence-electron chi connectivity index (χ2n) is 9.27. The van der Waals surface area contributed by atoms with Crippen molar-refractivity contribution in [1.29, 1.82) is 0 Å². The van der Waals surface area contributed by atoms with E-state index in [1.54, 1.807) is 31.2 Å². The highest BCUT2D eigenvalue weighted by Crippen LogP contribution is 2.23. The van der Waals surface area contributed by atoms with Gasteiger partial charge >= 0.3 is 17.8 Å². The zero-order valence-corrected chi connectivity index (χ0v) is 23.6. The van der Waals surface area contributed by atoms with Crippen LogP contribution >= 0.6 is 11.6 Å². The second kappa shape index (κ2) is 15.0. The van der Waals surface area contributed by atoms with Crippen LogP contribution in [0.4, 0.5) is 4.79 Å². The Morgan fingerprint density at radius 1 is 1.00 bits per heavy atom. The third-order valence-electron chi connectivity index (χ3n) is 6.24. The number of aromatic amines is 1. The monoisotopic (exact) mass is 594 g/mol. The summed E-state index contributed by atoms with van der Waals surface area (Å²) < 4.78 is 15.4. The number of carbonyl (C=O) groups excluding carboxylic acids is 2. The predicted molar refractivity (Wildman–Crippen MR) is 155 cm³/mol. The standard InChI is InChI=1S/C30H31ClN4O7/c1-2-40-30(39)42-19-41-28(37)26(36)17-24(15-20-11-13-21(14-12-20)22-7-6-8-23(31)16-22)32-18-27-33-29(38)35(34-27)25-9-4-3-5-10-25/h3-14,16,24,26,32,36H,2,15,17-19H2,1H3,(H,33,34,38)/t24-,26+/m0/s1. The quantitative estimate of drug-likeness (QED) is 0.154. The van der Waals surface area contributed by atoms with Gasteiger partial charge in [0.1, 0.15) is 5.82 Å². The number of benzene rings is 3. The maximum atomic E-state index is 12.5. The molecule has 220 valence electrons. The molecule has 0 fully saturated rings. The molecule has 0 bridgehead atoms. The van der Waals surface area contributed by atoms with E-state index in [9.17, 15) is 19.5 Å². The highest BCUT2D eigenvalue weighted by atomic mass is 35.5. The first-order chi connectivity index (χ1) is 20.3. The molecule has 11 nitrogen and oxygen atoms in total. The van der Waals surface area contributed by atoms with Gasteiger partial charge in [-0.3, -0.25) is 4.98 Å². The summed E-state index contributed by atoms with van der Waals surface area (Å²) in [6, 6.07) is 23.9. The maximum absolute atomic E-state index is 12.5. The first-order valence-electron chi connectivity index (χ1n) is 13.3. The molecule has 0 saturated heterocycles. The van der Waals surface area contributed by atoms with Crippen LogP contribution in [0.25, 0.3) is 16.8 Å². The number of esters is 1. The highest BCUT2D eigenvalue weighted by molar-refractivity contribution is 6.30. The minimum Gasteiger partial charge on any atom is -0.435 e. The summed E-state index contributed by atoms with van der Waals surface area (Å²) in [6.07, 6.45) is -2.09. The number of rotatable bonds is 13. The average molecular weight is 595 g/mol. The van der Waals surface area contributed by atoms with Gasteiger partial charge in [-0.1, -0.05) is 66.2 Å². The van der Waals surface area contributed by atoms with Crippen molar-refractivity contribution in [1.82, 2.24) is 20.1 Å². The van der Waals surface area contributed by atoms with Crippen LogP contribution in [-0.2, 0) is 32.0 Å². The molecule has 0 aliphatic rings. The maximum Gasteiger partial charge on any atom is 0.511 e. The molecule has 2 atom stereocenters. The second-order valence-corrected chi connectivity index (χ2v) is 9.71. The van der Waals surface area contributed by atoms with E-state index in [4.69, 9.17) is 16.3 Å². The van der Waals surface area contributed by atoms with Crippen LogP contribution < -0.4 is 11.0 Å². The van der Waals surface area contributed by atoms with Crippen molar-refractivity contribution in [2.75, 3.05) is 13.4 Å². The van der Waals surface area contributed by atoms with Gasteiger partial charge in [0.15, 0.2) is 6.10 Å². The number of nitrogens with zero attached hydrogens (tertiary/aromatic N) is 2. The number of nitrogens with one attached hydrogen (secondary N) is 2. The molecular formula is C30H31ClN4O7. The number of hydrogen-bond acceptors (Lipinski definition) is 9. The SMILES string of the molecule is CCOC(=O)OCOC(=O)[C@H](O)C[C@H](Cc1ccc(-c2cccc(Cl)c2)cc1)NCc1nn(-c2ccccc2)c(=O)[nH]1. The van der Waals surface area contributed by atoms with Crippen molar-refractivity contribution in [3.8, 4) is 16.8 Å². The molecule has 42 heavy (non-hydrogen) atoms. The van der Waals surface area contributed by atoms with E-state index in [1.807, 2.05) is 54.6 Å². The third-order valence-corrected chi connectivity index (χ3v) is 6.47. The fraction of sp³-hybridized carbons (Fsp3) is 0.267. The van der Waals surface area contributed by atoms with Gasteiger partial charge < -0.3 is 24.6 Å². The molecule has 12 heteroatoms. The summed E-state index contributed by atoms with van der Waals surface area (Å²) in [5.41, 5.74) is 3.12. The molecule has 0 aliphatic heterocycles. The minimum atomic E-state index is -1.51. The van der Waals surface area contributed by atoms with Gasteiger partial charge in [-0.15, -0.1) is 5.10 Å².